The minimum Gasteiger partial charge on any atom is -0.312 e. The van der Waals surface area contributed by atoms with Crippen LogP contribution in [0.3, 0.4) is 0 Å². The van der Waals surface area contributed by atoms with Gasteiger partial charge in [0.15, 0.2) is 0 Å². The number of nitriles is 1. The molecule has 0 fully saturated rings. The molecule has 0 aliphatic rings. The molecule has 1 aromatic rings. The van der Waals surface area contributed by atoms with E-state index in [-0.39, 0.29) is 0 Å². The second-order valence-electron chi connectivity index (χ2n) is 2.02. The Bertz CT molecular complexity index is 235. The van der Waals surface area contributed by atoms with Crippen LogP contribution >= 0.6 is 0 Å². The molecule has 2 N–H and O–H groups in total. The lowest BCUT2D eigenvalue weighted by molar-refractivity contribution is 0.926. The highest BCUT2D eigenvalue weighted by Crippen LogP contribution is 2.06. The third kappa shape index (κ3) is 1.34. The van der Waals surface area contributed by atoms with Crippen LogP contribution in [0.15, 0.2) is 30.3 Å². The number of hydrogen-bond donors (Lipinski definition) is 1. The highest BCUT2D eigenvalue weighted by atomic mass is 14.9. The summed E-state index contributed by atoms with van der Waals surface area (Å²) in [7, 11) is 0. The van der Waals surface area contributed by atoms with Crippen molar-refractivity contribution in [2.45, 2.75) is 6.04 Å². The summed E-state index contributed by atoms with van der Waals surface area (Å²) >= 11 is 0. The number of nitrogens with zero attached hydrogens (tertiary/aromatic N) is 1. The van der Waals surface area contributed by atoms with Gasteiger partial charge in [-0.05, 0) is 5.56 Å². The van der Waals surface area contributed by atoms with E-state index in [2.05, 4.69) is 0 Å². The third-order valence-corrected chi connectivity index (χ3v) is 1.30. The first-order valence-corrected chi connectivity index (χ1v) is 3.04. The smallest absolute Gasteiger partial charge is 0.118 e. The molecule has 1 aromatic carbocycles. The lowest BCUT2D eigenvalue weighted by Crippen LogP contribution is -2.06. The standard InChI is InChI=1S/C8H8N2/c9-6-8(10)7-4-2-1-3-5-7/h1-5,8H,10H2/i8+1. The molecule has 0 aliphatic carbocycles. The average Bonchev–Trinajstić information content (AvgIpc) is 2.05. The van der Waals surface area contributed by atoms with Crippen LogP contribution < -0.4 is 5.73 Å². The van der Waals surface area contributed by atoms with Crippen LogP contribution in [0.25, 0.3) is 0 Å². The van der Waals surface area contributed by atoms with Crippen LogP contribution in [0.5, 0.6) is 0 Å². The van der Waals surface area contributed by atoms with Gasteiger partial charge in [0.25, 0.3) is 0 Å². The Morgan fingerprint density at radius 3 is 2.40 bits per heavy atom. The van der Waals surface area contributed by atoms with Crippen molar-refractivity contribution in [2.75, 3.05) is 0 Å². The van der Waals surface area contributed by atoms with E-state index in [4.69, 9.17) is 11.0 Å². The summed E-state index contributed by atoms with van der Waals surface area (Å²) in [5.41, 5.74) is 6.30. The molecule has 0 amide bonds. The second kappa shape index (κ2) is 3.00. The maximum absolute atomic E-state index is 8.41. The van der Waals surface area contributed by atoms with E-state index >= 15 is 0 Å². The molecule has 2 nitrogen and oxygen atoms in total. The minimum atomic E-state index is -0.485. The fourth-order valence-electron chi connectivity index (χ4n) is 0.735. The Balaban J connectivity index is 2.88. The molecule has 10 heavy (non-hydrogen) atoms. The fraction of sp³-hybridized carbons (Fsp3) is 0.125. The first kappa shape index (κ1) is 6.79. The molecular weight excluding hydrogens is 125 g/mol. The molecule has 0 aromatic heterocycles. The van der Waals surface area contributed by atoms with Gasteiger partial charge in [-0.1, -0.05) is 30.3 Å². The first-order valence-electron chi connectivity index (χ1n) is 3.04. The van der Waals surface area contributed by atoms with E-state index in [1.165, 1.54) is 0 Å². The summed E-state index contributed by atoms with van der Waals surface area (Å²) in [5, 5.41) is 8.41. The normalized spacial score (nSPS) is 12.0. The Kier molecular flexibility index (Phi) is 2.03. The number of rotatable bonds is 1. The zero-order valence-electron chi connectivity index (χ0n) is 5.49. The van der Waals surface area contributed by atoms with E-state index in [1.807, 2.05) is 36.4 Å². The lowest BCUT2D eigenvalue weighted by Gasteiger charge is -1.99. The molecule has 0 saturated carbocycles. The van der Waals surface area contributed by atoms with Crippen LogP contribution in [-0.4, -0.2) is 0 Å². The molecule has 1 rings (SSSR count). The summed E-state index contributed by atoms with van der Waals surface area (Å²) in [6.45, 7) is 0. The van der Waals surface area contributed by atoms with Gasteiger partial charge >= 0.3 is 0 Å². The molecule has 0 spiro atoms. The summed E-state index contributed by atoms with van der Waals surface area (Å²) in [6, 6.07) is 10.8. The van der Waals surface area contributed by atoms with E-state index in [0.29, 0.717) is 0 Å². The van der Waals surface area contributed by atoms with Crippen molar-refractivity contribution in [1.82, 2.24) is 0 Å². The van der Waals surface area contributed by atoms with Gasteiger partial charge in [0.05, 0.1) is 6.07 Å². The van der Waals surface area contributed by atoms with Gasteiger partial charge in [-0.25, -0.2) is 0 Å². The van der Waals surface area contributed by atoms with Crippen LogP contribution in [0.1, 0.15) is 11.6 Å². The van der Waals surface area contributed by atoms with Gasteiger partial charge in [0, 0.05) is 0 Å². The third-order valence-electron chi connectivity index (χ3n) is 1.30. The fourth-order valence-corrected chi connectivity index (χ4v) is 0.735. The van der Waals surface area contributed by atoms with Gasteiger partial charge in [0.2, 0.25) is 0 Å². The largest absolute Gasteiger partial charge is 0.312 e. The maximum atomic E-state index is 8.41. The quantitative estimate of drug-likeness (QED) is 0.585. The van der Waals surface area contributed by atoms with E-state index in [1.54, 1.807) is 0 Å². The van der Waals surface area contributed by atoms with Crippen molar-refractivity contribution in [3.05, 3.63) is 35.9 Å². The number of nitrogens with two attached hydrogens (primary N) is 1. The molecule has 1 unspecified atom stereocenters. The number of benzene rings is 1. The molecule has 0 aliphatic heterocycles. The van der Waals surface area contributed by atoms with Crippen molar-refractivity contribution < 1.29 is 0 Å². The molecule has 0 radical (unpaired) electrons. The van der Waals surface area contributed by atoms with Gasteiger partial charge < -0.3 is 5.73 Å². The van der Waals surface area contributed by atoms with E-state index < -0.39 is 6.04 Å². The van der Waals surface area contributed by atoms with Crippen molar-refractivity contribution >= 4 is 0 Å². The monoisotopic (exact) mass is 133 g/mol. The average molecular weight is 133 g/mol. The zero-order chi connectivity index (χ0) is 7.40. The van der Waals surface area contributed by atoms with E-state index in [9.17, 15) is 0 Å². The van der Waals surface area contributed by atoms with Crippen LogP contribution in [-0.2, 0) is 0 Å². The zero-order valence-corrected chi connectivity index (χ0v) is 5.49. The predicted octanol–water partition coefficient (Wildman–Crippen LogP) is 1.21. The summed E-state index contributed by atoms with van der Waals surface area (Å²) in [4.78, 5) is 0. The Labute approximate surface area is 59.9 Å². The van der Waals surface area contributed by atoms with Gasteiger partial charge in [0.1, 0.15) is 6.04 Å². The minimum absolute atomic E-state index is 0.485. The summed E-state index contributed by atoms with van der Waals surface area (Å²) in [6.07, 6.45) is 0. The number of hydrogen-bond acceptors (Lipinski definition) is 2. The molecule has 1 atom stereocenters. The SMILES string of the molecule is N#C[13CH](N)c1ccccc1. The Hall–Kier alpha value is -1.33. The van der Waals surface area contributed by atoms with Crippen molar-refractivity contribution in [1.29, 1.82) is 5.26 Å². The van der Waals surface area contributed by atoms with Crippen molar-refractivity contribution in [3.8, 4) is 6.07 Å². The molecule has 0 heterocycles. The summed E-state index contributed by atoms with van der Waals surface area (Å²) < 4.78 is 0. The first-order chi connectivity index (χ1) is 4.84. The predicted molar refractivity (Wildman–Crippen MR) is 39.0 cm³/mol. The lowest BCUT2D eigenvalue weighted by atomic mass is 10.3. The highest BCUT2D eigenvalue weighted by Gasteiger charge is 1.99. The van der Waals surface area contributed by atoms with Crippen LogP contribution in [0.2, 0.25) is 0 Å². The topological polar surface area (TPSA) is 49.8 Å². The Morgan fingerprint density at radius 1 is 1.30 bits per heavy atom. The maximum Gasteiger partial charge on any atom is 0.118 e. The molecule has 0 bridgehead atoms. The molecule has 2 heteroatoms. The van der Waals surface area contributed by atoms with Gasteiger partial charge in [-0.3, -0.25) is 0 Å². The van der Waals surface area contributed by atoms with Crippen molar-refractivity contribution in [2.24, 2.45) is 5.73 Å². The second-order valence-corrected chi connectivity index (χ2v) is 2.02. The van der Waals surface area contributed by atoms with Crippen LogP contribution in [0, 0.1) is 11.3 Å². The van der Waals surface area contributed by atoms with E-state index in [0.717, 1.165) is 5.56 Å². The van der Waals surface area contributed by atoms with Gasteiger partial charge in [-0.15, -0.1) is 0 Å². The summed E-state index contributed by atoms with van der Waals surface area (Å²) in [5.74, 6) is 0. The highest BCUT2D eigenvalue weighted by molar-refractivity contribution is 5.22. The Morgan fingerprint density at radius 2 is 1.90 bits per heavy atom. The molecule has 50 valence electrons. The molecular formula is C8H8N2. The van der Waals surface area contributed by atoms with Gasteiger partial charge in [-0.2, -0.15) is 5.26 Å². The van der Waals surface area contributed by atoms with Crippen LogP contribution in [0.4, 0.5) is 0 Å². The molecule has 0 saturated heterocycles. The van der Waals surface area contributed by atoms with Crippen molar-refractivity contribution in [3.63, 3.8) is 0 Å².